The number of hydrogen-bond acceptors (Lipinski definition) is 7. The molecule has 0 aliphatic heterocycles. The van der Waals surface area contributed by atoms with Crippen LogP contribution >= 0.6 is 0 Å². The molecule has 1 aromatic heterocycles. The Morgan fingerprint density at radius 2 is 1.63 bits per heavy atom. The largest absolute Gasteiger partial charge is 0.413 e. The topological polar surface area (TPSA) is 173 Å². The maximum Gasteiger partial charge on any atom is 0.413 e. The zero-order chi connectivity index (χ0) is 14.7. The fourth-order valence-corrected chi connectivity index (χ4v) is 1.95. The average molecular weight is 311 g/mol. The van der Waals surface area contributed by atoms with Crippen molar-refractivity contribution in [1.29, 1.82) is 0 Å². The molecule has 5 N–H and O–H groups in total. The van der Waals surface area contributed by atoms with Gasteiger partial charge in [-0.3, -0.25) is 9.11 Å². The number of imidazole rings is 1. The Balaban J connectivity index is 0.000000192. The molecule has 12 heteroatoms. The average Bonchev–Trinajstić information content (AvgIpc) is 2.52. The van der Waals surface area contributed by atoms with E-state index in [1.807, 2.05) is 24.3 Å². The number of fused-ring (bicyclic) bond motifs is 1. The van der Waals surface area contributed by atoms with Crippen molar-refractivity contribution in [3.8, 4) is 0 Å². The van der Waals surface area contributed by atoms with E-state index in [1.165, 1.54) is 0 Å². The second-order valence-electron chi connectivity index (χ2n) is 3.06. The Bertz CT molecular complexity index is 702. The number of nitrogens with zero attached hydrogens (tertiary/aromatic N) is 1. The number of rotatable bonds is 2. The second-order valence-corrected chi connectivity index (χ2v) is 5.32. The molecule has 0 saturated heterocycles. The van der Waals surface area contributed by atoms with Crippen molar-refractivity contribution in [3.05, 3.63) is 24.3 Å². The Morgan fingerprint density at radius 1 is 1.11 bits per heavy atom. The maximum atomic E-state index is 9.44. The molecule has 2 aromatic rings. The summed E-state index contributed by atoms with van der Waals surface area (Å²) in [5, 5.41) is 0. The van der Waals surface area contributed by atoms with Crippen LogP contribution in [0, 0.1) is 0 Å². The fraction of sp³-hybridized carbons (Fsp3) is 0. The molecule has 0 atom stereocenters. The smallest absolute Gasteiger partial charge is 0.369 e. The number of aromatic amines is 1. The first-order chi connectivity index (χ1) is 8.57. The van der Waals surface area contributed by atoms with Crippen LogP contribution in [-0.2, 0) is 24.4 Å². The van der Waals surface area contributed by atoms with E-state index in [1.54, 1.807) is 0 Å². The van der Waals surface area contributed by atoms with E-state index in [-0.39, 0.29) is 0 Å². The summed E-state index contributed by atoms with van der Waals surface area (Å²) in [4.78, 5) is 6.96. The highest BCUT2D eigenvalue weighted by Crippen LogP contribution is 2.10. The standard InChI is InChI=1S/C7H7N3.H2O7S2/c8-7-9-5-3-1-2-4-6(5)10-7;1-8(2,3)7-9(4,5)6/h1-4H,(H3,8,9,10);(H,1,2,3)(H,4,5,6). The highest BCUT2D eigenvalue weighted by atomic mass is 32.3. The van der Waals surface area contributed by atoms with Crippen LogP contribution in [-0.4, -0.2) is 35.9 Å². The Labute approximate surface area is 108 Å². The first-order valence-electron chi connectivity index (χ1n) is 4.43. The van der Waals surface area contributed by atoms with Gasteiger partial charge in [0.05, 0.1) is 11.0 Å². The highest BCUT2D eigenvalue weighted by molar-refractivity contribution is 7.94. The molecule has 0 unspecified atom stereocenters. The Hall–Kier alpha value is -1.73. The minimum absolute atomic E-state index is 0.473. The fourth-order valence-electron chi connectivity index (χ4n) is 1.08. The maximum absolute atomic E-state index is 9.44. The van der Waals surface area contributed by atoms with Gasteiger partial charge in [0, 0.05) is 0 Å². The third kappa shape index (κ3) is 6.12. The second kappa shape index (κ2) is 5.50. The van der Waals surface area contributed by atoms with Crippen molar-refractivity contribution < 1.29 is 29.6 Å². The third-order valence-electron chi connectivity index (χ3n) is 1.58. The summed E-state index contributed by atoms with van der Waals surface area (Å²) in [5.41, 5.74) is 7.33. The third-order valence-corrected chi connectivity index (χ3v) is 2.96. The molecule has 2 rings (SSSR count). The summed E-state index contributed by atoms with van der Waals surface area (Å²) >= 11 is 0. The normalized spacial score (nSPS) is 11.9. The molecule has 1 heterocycles. The van der Waals surface area contributed by atoms with Crippen LogP contribution in [0.2, 0.25) is 0 Å². The first kappa shape index (κ1) is 15.3. The molecular formula is C7H9N3O7S2. The van der Waals surface area contributed by atoms with Crippen LogP contribution in [0.15, 0.2) is 24.3 Å². The van der Waals surface area contributed by atoms with Gasteiger partial charge in [0.25, 0.3) is 0 Å². The molecule has 0 amide bonds. The SMILES string of the molecule is Nc1nc2ccccc2[nH]1.O=S(=O)(O)OS(=O)(=O)O. The molecule has 0 fully saturated rings. The number of nitrogens with two attached hydrogens (primary N) is 1. The Morgan fingerprint density at radius 3 is 2.05 bits per heavy atom. The van der Waals surface area contributed by atoms with Crippen molar-refractivity contribution in [2.45, 2.75) is 0 Å². The number of H-pyrrole nitrogens is 1. The molecule has 0 spiro atoms. The summed E-state index contributed by atoms with van der Waals surface area (Å²) in [7, 11) is -10.2. The minimum Gasteiger partial charge on any atom is -0.369 e. The number of nitrogen functional groups attached to an aromatic ring is 1. The van der Waals surface area contributed by atoms with Gasteiger partial charge in [0.2, 0.25) is 0 Å². The van der Waals surface area contributed by atoms with Crippen LogP contribution in [0.1, 0.15) is 0 Å². The molecule has 0 bridgehead atoms. The van der Waals surface area contributed by atoms with Gasteiger partial charge in [-0.15, -0.1) is 3.63 Å². The van der Waals surface area contributed by atoms with Crippen molar-refractivity contribution in [2.75, 3.05) is 5.73 Å². The monoisotopic (exact) mass is 311 g/mol. The van der Waals surface area contributed by atoms with Crippen LogP contribution in [0.25, 0.3) is 11.0 Å². The van der Waals surface area contributed by atoms with Gasteiger partial charge >= 0.3 is 20.8 Å². The lowest BCUT2D eigenvalue weighted by Crippen LogP contribution is -2.10. The van der Waals surface area contributed by atoms with Gasteiger partial charge < -0.3 is 10.7 Å². The molecule has 0 aliphatic rings. The van der Waals surface area contributed by atoms with Crippen LogP contribution in [0.4, 0.5) is 5.95 Å². The predicted molar refractivity (Wildman–Crippen MR) is 64.7 cm³/mol. The van der Waals surface area contributed by atoms with Crippen molar-refractivity contribution in [2.24, 2.45) is 0 Å². The minimum atomic E-state index is -5.12. The van der Waals surface area contributed by atoms with E-state index in [2.05, 4.69) is 13.6 Å². The van der Waals surface area contributed by atoms with E-state index in [9.17, 15) is 16.8 Å². The van der Waals surface area contributed by atoms with Crippen molar-refractivity contribution >= 4 is 37.8 Å². The molecule has 0 radical (unpaired) electrons. The number of benzene rings is 1. The lowest BCUT2D eigenvalue weighted by atomic mass is 10.3. The van der Waals surface area contributed by atoms with Gasteiger partial charge in [-0.05, 0) is 12.1 Å². The van der Waals surface area contributed by atoms with Crippen LogP contribution in [0.5, 0.6) is 0 Å². The van der Waals surface area contributed by atoms with E-state index < -0.39 is 20.8 Å². The van der Waals surface area contributed by atoms with Crippen molar-refractivity contribution in [1.82, 2.24) is 9.97 Å². The zero-order valence-corrected chi connectivity index (χ0v) is 10.7. The molecule has 10 nitrogen and oxygen atoms in total. The van der Waals surface area contributed by atoms with Crippen LogP contribution < -0.4 is 5.73 Å². The molecule has 0 aliphatic carbocycles. The van der Waals surface area contributed by atoms with Gasteiger partial charge in [-0.25, -0.2) is 4.98 Å². The summed E-state index contributed by atoms with van der Waals surface area (Å²) in [6, 6.07) is 7.74. The van der Waals surface area contributed by atoms with Gasteiger partial charge in [0.1, 0.15) is 0 Å². The lowest BCUT2D eigenvalue weighted by molar-refractivity contribution is 0.344. The van der Waals surface area contributed by atoms with E-state index in [0.717, 1.165) is 11.0 Å². The van der Waals surface area contributed by atoms with Gasteiger partial charge in [-0.2, -0.15) is 16.8 Å². The molecule has 106 valence electrons. The summed E-state index contributed by atoms with van der Waals surface area (Å²) in [5.74, 6) is 0.473. The predicted octanol–water partition coefficient (Wildman–Crippen LogP) is -0.246. The quantitative estimate of drug-likeness (QED) is 0.545. The molecule has 0 saturated carbocycles. The number of anilines is 1. The van der Waals surface area contributed by atoms with Gasteiger partial charge in [-0.1, -0.05) is 12.1 Å². The summed E-state index contributed by atoms with van der Waals surface area (Å²) < 4.78 is 55.6. The number of nitrogens with one attached hydrogen (secondary N) is 1. The number of para-hydroxylation sites is 2. The number of aromatic nitrogens is 2. The zero-order valence-electron chi connectivity index (χ0n) is 9.09. The van der Waals surface area contributed by atoms with E-state index in [0.29, 0.717) is 5.95 Å². The summed E-state index contributed by atoms with van der Waals surface area (Å²) in [6.45, 7) is 0. The molecule has 19 heavy (non-hydrogen) atoms. The first-order valence-corrected chi connectivity index (χ1v) is 7.16. The molecule has 1 aromatic carbocycles. The Kier molecular flexibility index (Phi) is 4.43. The van der Waals surface area contributed by atoms with Gasteiger partial charge in [0.15, 0.2) is 5.95 Å². The lowest BCUT2D eigenvalue weighted by Gasteiger charge is -1.89. The van der Waals surface area contributed by atoms with Crippen LogP contribution in [0.3, 0.4) is 0 Å². The highest BCUT2D eigenvalue weighted by Gasteiger charge is 2.15. The number of hydrogen-bond donors (Lipinski definition) is 4. The van der Waals surface area contributed by atoms with Crippen molar-refractivity contribution in [3.63, 3.8) is 0 Å². The summed E-state index contributed by atoms with van der Waals surface area (Å²) in [6.07, 6.45) is 0. The van der Waals surface area contributed by atoms with E-state index in [4.69, 9.17) is 14.8 Å². The molecular weight excluding hydrogens is 302 g/mol. The van der Waals surface area contributed by atoms with E-state index >= 15 is 0 Å².